The standard InChI is InChI=1S/C14H25NO2/c1-15(11-7-3-2-4-8-11)13-10-6-5-9-12(13)14(16)17/h11-13H,2-10H2,1H3,(H,16,17). The van der Waals surface area contributed by atoms with Crippen LogP contribution in [0, 0.1) is 5.92 Å². The van der Waals surface area contributed by atoms with E-state index < -0.39 is 5.97 Å². The number of carboxylic acids is 1. The Hall–Kier alpha value is -0.570. The minimum absolute atomic E-state index is 0.129. The number of nitrogens with zero attached hydrogens (tertiary/aromatic N) is 1. The Morgan fingerprint density at radius 1 is 1.00 bits per heavy atom. The van der Waals surface area contributed by atoms with E-state index in [1.165, 1.54) is 38.5 Å². The smallest absolute Gasteiger partial charge is 0.308 e. The molecule has 0 bridgehead atoms. The first-order chi connectivity index (χ1) is 8.20. The van der Waals surface area contributed by atoms with Crippen molar-refractivity contribution in [2.24, 2.45) is 5.92 Å². The van der Waals surface area contributed by atoms with E-state index in [-0.39, 0.29) is 12.0 Å². The summed E-state index contributed by atoms with van der Waals surface area (Å²) in [6.45, 7) is 0. The monoisotopic (exact) mass is 239 g/mol. The molecule has 3 heteroatoms. The van der Waals surface area contributed by atoms with Crippen LogP contribution < -0.4 is 0 Å². The highest BCUT2D eigenvalue weighted by atomic mass is 16.4. The number of aliphatic carboxylic acids is 1. The summed E-state index contributed by atoms with van der Waals surface area (Å²) in [6.07, 6.45) is 10.8. The van der Waals surface area contributed by atoms with Gasteiger partial charge < -0.3 is 5.11 Å². The number of carbonyl (C=O) groups is 1. The van der Waals surface area contributed by atoms with Gasteiger partial charge in [-0.3, -0.25) is 9.69 Å². The van der Waals surface area contributed by atoms with Crippen LogP contribution in [0.5, 0.6) is 0 Å². The summed E-state index contributed by atoms with van der Waals surface area (Å²) in [4.78, 5) is 13.7. The van der Waals surface area contributed by atoms with Gasteiger partial charge in [-0.1, -0.05) is 32.1 Å². The maximum absolute atomic E-state index is 11.3. The van der Waals surface area contributed by atoms with Crippen LogP contribution in [0.3, 0.4) is 0 Å². The number of rotatable bonds is 3. The molecule has 0 spiro atoms. The second-order valence-corrected chi connectivity index (χ2v) is 5.75. The zero-order valence-electron chi connectivity index (χ0n) is 10.9. The largest absolute Gasteiger partial charge is 0.481 e. The van der Waals surface area contributed by atoms with Gasteiger partial charge in [0.2, 0.25) is 0 Å². The van der Waals surface area contributed by atoms with E-state index in [2.05, 4.69) is 11.9 Å². The molecule has 98 valence electrons. The second-order valence-electron chi connectivity index (χ2n) is 5.75. The maximum atomic E-state index is 11.3. The molecule has 0 radical (unpaired) electrons. The Morgan fingerprint density at radius 2 is 1.59 bits per heavy atom. The second kappa shape index (κ2) is 5.85. The molecule has 0 aromatic carbocycles. The predicted octanol–water partition coefficient (Wildman–Crippen LogP) is 2.89. The van der Waals surface area contributed by atoms with E-state index in [1.807, 2.05) is 0 Å². The van der Waals surface area contributed by atoms with Crippen molar-refractivity contribution in [3.63, 3.8) is 0 Å². The summed E-state index contributed by atoms with van der Waals surface area (Å²) in [5.74, 6) is -0.715. The van der Waals surface area contributed by atoms with Gasteiger partial charge in [-0.15, -0.1) is 0 Å². The van der Waals surface area contributed by atoms with E-state index in [0.29, 0.717) is 6.04 Å². The highest BCUT2D eigenvalue weighted by Crippen LogP contribution is 2.32. The van der Waals surface area contributed by atoms with Gasteiger partial charge in [-0.05, 0) is 32.7 Å². The molecule has 2 atom stereocenters. The summed E-state index contributed by atoms with van der Waals surface area (Å²) in [5.41, 5.74) is 0. The lowest BCUT2D eigenvalue weighted by atomic mass is 9.82. The molecule has 1 N–H and O–H groups in total. The zero-order valence-corrected chi connectivity index (χ0v) is 10.9. The topological polar surface area (TPSA) is 40.5 Å². The molecule has 3 nitrogen and oxygen atoms in total. The van der Waals surface area contributed by atoms with Crippen LogP contribution >= 0.6 is 0 Å². The number of carboxylic acid groups (broad SMARTS) is 1. The fraction of sp³-hybridized carbons (Fsp3) is 0.929. The van der Waals surface area contributed by atoms with Crippen LogP contribution in [0.15, 0.2) is 0 Å². The van der Waals surface area contributed by atoms with Crippen LogP contribution in [0.25, 0.3) is 0 Å². The van der Waals surface area contributed by atoms with Crippen LogP contribution in [-0.2, 0) is 4.79 Å². The lowest BCUT2D eigenvalue weighted by Gasteiger charge is -2.41. The summed E-state index contributed by atoms with van der Waals surface area (Å²) >= 11 is 0. The van der Waals surface area contributed by atoms with Crippen LogP contribution in [0.2, 0.25) is 0 Å². The number of hydrogen-bond donors (Lipinski definition) is 1. The first-order valence-corrected chi connectivity index (χ1v) is 7.15. The van der Waals surface area contributed by atoms with Gasteiger partial charge in [0.25, 0.3) is 0 Å². The van der Waals surface area contributed by atoms with Crippen molar-refractivity contribution in [2.75, 3.05) is 7.05 Å². The molecule has 17 heavy (non-hydrogen) atoms. The molecule has 2 fully saturated rings. The number of hydrogen-bond acceptors (Lipinski definition) is 2. The van der Waals surface area contributed by atoms with Gasteiger partial charge in [0.1, 0.15) is 0 Å². The lowest BCUT2D eigenvalue weighted by Crippen LogP contribution is -2.48. The SMILES string of the molecule is CN(C1CCCCC1)C1CCCCC1C(=O)O. The van der Waals surface area contributed by atoms with Gasteiger partial charge in [0.05, 0.1) is 5.92 Å². The molecule has 0 saturated heterocycles. The molecule has 2 aliphatic carbocycles. The molecular weight excluding hydrogens is 214 g/mol. The van der Waals surface area contributed by atoms with Gasteiger partial charge in [-0.25, -0.2) is 0 Å². The summed E-state index contributed by atoms with van der Waals surface area (Å²) in [5, 5.41) is 9.33. The molecule has 2 saturated carbocycles. The van der Waals surface area contributed by atoms with Crippen molar-refractivity contribution in [1.82, 2.24) is 4.90 Å². The Morgan fingerprint density at radius 3 is 2.24 bits per heavy atom. The van der Waals surface area contributed by atoms with Crippen LogP contribution in [0.1, 0.15) is 57.8 Å². The normalized spacial score (nSPS) is 31.6. The van der Waals surface area contributed by atoms with Gasteiger partial charge in [0, 0.05) is 12.1 Å². The molecule has 0 aromatic rings. The molecule has 0 aliphatic heterocycles. The van der Waals surface area contributed by atoms with Crippen molar-refractivity contribution in [3.8, 4) is 0 Å². The van der Waals surface area contributed by atoms with Crippen LogP contribution in [-0.4, -0.2) is 35.1 Å². The van der Waals surface area contributed by atoms with Crippen molar-refractivity contribution in [3.05, 3.63) is 0 Å². The molecule has 2 aliphatic rings. The molecular formula is C14H25NO2. The quantitative estimate of drug-likeness (QED) is 0.823. The Kier molecular flexibility index (Phi) is 4.43. The van der Waals surface area contributed by atoms with E-state index in [1.54, 1.807) is 0 Å². The first kappa shape index (κ1) is 12.9. The van der Waals surface area contributed by atoms with Crippen molar-refractivity contribution in [1.29, 1.82) is 0 Å². The van der Waals surface area contributed by atoms with Crippen molar-refractivity contribution >= 4 is 5.97 Å². The van der Waals surface area contributed by atoms with E-state index in [0.717, 1.165) is 19.3 Å². The zero-order chi connectivity index (χ0) is 12.3. The third-order valence-corrected chi connectivity index (χ3v) is 4.72. The first-order valence-electron chi connectivity index (χ1n) is 7.15. The van der Waals surface area contributed by atoms with Crippen molar-refractivity contribution in [2.45, 2.75) is 69.9 Å². The van der Waals surface area contributed by atoms with E-state index in [9.17, 15) is 9.90 Å². The molecule has 0 aromatic heterocycles. The summed E-state index contributed by atoms with van der Waals surface area (Å²) < 4.78 is 0. The molecule has 0 amide bonds. The van der Waals surface area contributed by atoms with Gasteiger partial charge in [0.15, 0.2) is 0 Å². The third-order valence-electron chi connectivity index (χ3n) is 4.72. The van der Waals surface area contributed by atoms with Gasteiger partial charge >= 0.3 is 5.97 Å². The Balaban J connectivity index is 1.99. The maximum Gasteiger partial charge on any atom is 0.308 e. The average molecular weight is 239 g/mol. The minimum Gasteiger partial charge on any atom is -0.481 e. The van der Waals surface area contributed by atoms with Crippen LogP contribution in [0.4, 0.5) is 0 Å². The third kappa shape index (κ3) is 3.01. The predicted molar refractivity (Wildman–Crippen MR) is 68.0 cm³/mol. The lowest BCUT2D eigenvalue weighted by molar-refractivity contribution is -0.146. The van der Waals surface area contributed by atoms with E-state index >= 15 is 0 Å². The molecule has 0 heterocycles. The highest BCUT2D eigenvalue weighted by Gasteiger charge is 2.36. The van der Waals surface area contributed by atoms with Gasteiger partial charge in [-0.2, -0.15) is 0 Å². The summed E-state index contributed by atoms with van der Waals surface area (Å²) in [7, 11) is 2.15. The van der Waals surface area contributed by atoms with Crippen molar-refractivity contribution < 1.29 is 9.90 Å². The minimum atomic E-state index is -0.586. The molecule has 2 rings (SSSR count). The highest BCUT2D eigenvalue weighted by molar-refractivity contribution is 5.71. The fourth-order valence-corrected chi connectivity index (χ4v) is 3.65. The van der Waals surface area contributed by atoms with E-state index in [4.69, 9.17) is 0 Å². The summed E-state index contributed by atoms with van der Waals surface area (Å²) in [6, 6.07) is 0.915. The fourth-order valence-electron chi connectivity index (χ4n) is 3.65. The Labute approximate surface area is 104 Å². The Bertz CT molecular complexity index is 261. The average Bonchev–Trinajstić information content (AvgIpc) is 2.39. The molecule has 2 unspecified atom stereocenters.